The Labute approximate surface area is 152 Å². The van der Waals surface area contributed by atoms with E-state index in [-0.39, 0.29) is 5.91 Å². The molecule has 0 aliphatic carbocycles. The minimum Gasteiger partial charge on any atom is -0.496 e. The maximum absolute atomic E-state index is 12.6. The summed E-state index contributed by atoms with van der Waals surface area (Å²) in [5, 5.41) is 3.09. The highest BCUT2D eigenvalue weighted by Crippen LogP contribution is 2.29. The summed E-state index contributed by atoms with van der Waals surface area (Å²) >= 11 is 0. The summed E-state index contributed by atoms with van der Waals surface area (Å²) in [6.07, 6.45) is 3.61. The standard InChI is InChI=1S/C21H34N2O2/c1-15(2)18-14-19(17(4)13-20(18)25-5)21(24)22-9-6-10-23-11-7-16(3)8-12-23/h13-16H,6-12H2,1-5H3,(H,22,24). The summed E-state index contributed by atoms with van der Waals surface area (Å²) in [5.74, 6) is 2.07. The van der Waals surface area contributed by atoms with Crippen molar-refractivity contribution < 1.29 is 9.53 Å². The number of hydrogen-bond donors (Lipinski definition) is 1. The second-order valence-corrected chi connectivity index (χ2v) is 7.70. The molecule has 2 rings (SSSR count). The van der Waals surface area contributed by atoms with Crippen LogP contribution in [-0.4, -0.2) is 44.1 Å². The normalized spacial score (nSPS) is 16.2. The van der Waals surface area contributed by atoms with E-state index in [2.05, 4.69) is 31.0 Å². The molecule has 1 aliphatic heterocycles. The van der Waals surface area contributed by atoms with Gasteiger partial charge in [-0.15, -0.1) is 0 Å². The lowest BCUT2D eigenvalue weighted by molar-refractivity contribution is 0.0950. The Bertz CT molecular complexity index is 576. The van der Waals surface area contributed by atoms with Gasteiger partial charge in [0.1, 0.15) is 5.75 Å². The average molecular weight is 347 g/mol. The van der Waals surface area contributed by atoms with Crippen molar-refractivity contribution in [3.8, 4) is 5.75 Å². The van der Waals surface area contributed by atoms with Gasteiger partial charge >= 0.3 is 0 Å². The third-order valence-corrected chi connectivity index (χ3v) is 5.26. The number of aryl methyl sites for hydroxylation is 1. The zero-order valence-electron chi connectivity index (χ0n) is 16.5. The SMILES string of the molecule is COc1cc(C)c(C(=O)NCCCN2CCC(C)CC2)cc1C(C)C. The van der Waals surface area contributed by atoms with Gasteiger partial charge in [0.25, 0.3) is 5.91 Å². The lowest BCUT2D eigenvalue weighted by atomic mass is 9.96. The Hall–Kier alpha value is -1.55. The Morgan fingerprint density at radius 3 is 2.60 bits per heavy atom. The smallest absolute Gasteiger partial charge is 0.251 e. The van der Waals surface area contributed by atoms with Crippen LogP contribution in [0.15, 0.2) is 12.1 Å². The topological polar surface area (TPSA) is 41.6 Å². The molecule has 140 valence electrons. The van der Waals surface area contributed by atoms with Crippen LogP contribution < -0.4 is 10.1 Å². The number of likely N-dealkylation sites (tertiary alicyclic amines) is 1. The number of rotatable bonds is 7. The van der Waals surface area contributed by atoms with Crippen LogP contribution in [0.4, 0.5) is 0 Å². The summed E-state index contributed by atoms with van der Waals surface area (Å²) < 4.78 is 5.46. The van der Waals surface area contributed by atoms with Crippen LogP contribution in [0.2, 0.25) is 0 Å². The van der Waals surface area contributed by atoms with Crippen molar-refractivity contribution in [3.63, 3.8) is 0 Å². The van der Waals surface area contributed by atoms with Gasteiger partial charge in [-0.3, -0.25) is 4.79 Å². The van der Waals surface area contributed by atoms with Crippen LogP contribution in [0.1, 0.15) is 67.4 Å². The van der Waals surface area contributed by atoms with Gasteiger partial charge in [0.05, 0.1) is 7.11 Å². The van der Waals surface area contributed by atoms with Crippen molar-refractivity contribution in [1.29, 1.82) is 0 Å². The molecule has 4 heteroatoms. The molecule has 1 aliphatic rings. The van der Waals surface area contributed by atoms with E-state index in [1.54, 1.807) is 7.11 Å². The molecule has 1 heterocycles. The van der Waals surface area contributed by atoms with E-state index >= 15 is 0 Å². The molecule has 0 unspecified atom stereocenters. The third kappa shape index (κ3) is 5.46. The predicted molar refractivity (Wildman–Crippen MR) is 104 cm³/mol. The molecule has 1 aromatic rings. The van der Waals surface area contributed by atoms with Gasteiger partial charge < -0.3 is 15.0 Å². The maximum Gasteiger partial charge on any atom is 0.251 e. The minimum absolute atomic E-state index is 0.0225. The zero-order valence-corrected chi connectivity index (χ0v) is 16.5. The van der Waals surface area contributed by atoms with E-state index in [9.17, 15) is 4.79 Å². The highest BCUT2D eigenvalue weighted by molar-refractivity contribution is 5.96. The quantitative estimate of drug-likeness (QED) is 0.759. The van der Waals surface area contributed by atoms with Crippen LogP contribution in [0, 0.1) is 12.8 Å². The van der Waals surface area contributed by atoms with Crippen molar-refractivity contribution in [2.24, 2.45) is 5.92 Å². The third-order valence-electron chi connectivity index (χ3n) is 5.26. The van der Waals surface area contributed by atoms with Gasteiger partial charge in [0, 0.05) is 12.1 Å². The van der Waals surface area contributed by atoms with Crippen LogP contribution in [0.5, 0.6) is 5.75 Å². The lowest BCUT2D eigenvalue weighted by Gasteiger charge is -2.30. The molecule has 0 aromatic heterocycles. The lowest BCUT2D eigenvalue weighted by Crippen LogP contribution is -2.35. The van der Waals surface area contributed by atoms with E-state index in [0.29, 0.717) is 5.92 Å². The van der Waals surface area contributed by atoms with E-state index in [1.165, 1.54) is 25.9 Å². The number of hydrogen-bond acceptors (Lipinski definition) is 3. The number of nitrogens with one attached hydrogen (secondary N) is 1. The molecule has 0 radical (unpaired) electrons. The number of ether oxygens (including phenoxy) is 1. The molecular formula is C21H34N2O2. The molecule has 25 heavy (non-hydrogen) atoms. The van der Waals surface area contributed by atoms with Crippen LogP contribution in [-0.2, 0) is 0 Å². The highest BCUT2D eigenvalue weighted by Gasteiger charge is 2.17. The number of amides is 1. The molecule has 1 N–H and O–H groups in total. The van der Waals surface area contributed by atoms with Gasteiger partial charge in [-0.05, 0) is 80.9 Å². The molecule has 0 spiro atoms. The Morgan fingerprint density at radius 1 is 1.32 bits per heavy atom. The van der Waals surface area contributed by atoms with Crippen molar-refractivity contribution >= 4 is 5.91 Å². The second kappa shape index (κ2) is 9.23. The van der Waals surface area contributed by atoms with Gasteiger partial charge in [-0.2, -0.15) is 0 Å². The molecular weight excluding hydrogens is 312 g/mol. The summed E-state index contributed by atoms with van der Waals surface area (Å²) in [6.45, 7) is 12.7. The maximum atomic E-state index is 12.6. The van der Waals surface area contributed by atoms with Gasteiger partial charge in [-0.1, -0.05) is 20.8 Å². The second-order valence-electron chi connectivity index (χ2n) is 7.70. The van der Waals surface area contributed by atoms with E-state index in [0.717, 1.165) is 47.9 Å². The average Bonchev–Trinajstić information content (AvgIpc) is 2.59. The number of piperidine rings is 1. The molecule has 1 fully saturated rings. The van der Waals surface area contributed by atoms with Crippen molar-refractivity contribution in [1.82, 2.24) is 10.2 Å². The number of nitrogens with zero attached hydrogens (tertiary/aromatic N) is 1. The fourth-order valence-corrected chi connectivity index (χ4v) is 3.46. The van der Waals surface area contributed by atoms with Crippen LogP contribution >= 0.6 is 0 Å². The first-order valence-corrected chi connectivity index (χ1v) is 9.61. The highest BCUT2D eigenvalue weighted by atomic mass is 16.5. The molecule has 0 saturated carbocycles. The summed E-state index contributed by atoms with van der Waals surface area (Å²) in [5.41, 5.74) is 2.81. The minimum atomic E-state index is 0.0225. The number of carbonyl (C=O) groups excluding carboxylic acids is 1. The number of benzene rings is 1. The monoisotopic (exact) mass is 346 g/mol. The van der Waals surface area contributed by atoms with Gasteiger partial charge in [-0.25, -0.2) is 0 Å². The van der Waals surface area contributed by atoms with E-state index < -0.39 is 0 Å². The molecule has 4 nitrogen and oxygen atoms in total. The molecule has 1 aromatic carbocycles. The fraction of sp³-hybridized carbons (Fsp3) is 0.667. The first-order valence-electron chi connectivity index (χ1n) is 9.61. The molecule has 1 amide bonds. The van der Waals surface area contributed by atoms with E-state index in [4.69, 9.17) is 4.74 Å². The summed E-state index contributed by atoms with van der Waals surface area (Å²) in [4.78, 5) is 15.1. The number of carbonyl (C=O) groups is 1. The fourth-order valence-electron chi connectivity index (χ4n) is 3.46. The Morgan fingerprint density at radius 2 is 2.00 bits per heavy atom. The molecule has 0 atom stereocenters. The molecule has 0 bridgehead atoms. The van der Waals surface area contributed by atoms with E-state index in [1.807, 2.05) is 19.1 Å². The summed E-state index contributed by atoms with van der Waals surface area (Å²) in [6, 6.07) is 3.96. The van der Waals surface area contributed by atoms with Crippen molar-refractivity contribution in [2.75, 3.05) is 33.3 Å². The number of methoxy groups -OCH3 is 1. The first-order chi connectivity index (χ1) is 11.9. The largest absolute Gasteiger partial charge is 0.496 e. The summed E-state index contributed by atoms with van der Waals surface area (Å²) in [7, 11) is 1.68. The van der Waals surface area contributed by atoms with Crippen molar-refractivity contribution in [3.05, 3.63) is 28.8 Å². The predicted octanol–water partition coefficient (Wildman–Crippen LogP) is 3.98. The van der Waals surface area contributed by atoms with Gasteiger partial charge in [0.2, 0.25) is 0 Å². The Kier molecular flexibility index (Phi) is 7.30. The Balaban J connectivity index is 1.87. The van der Waals surface area contributed by atoms with Crippen LogP contribution in [0.25, 0.3) is 0 Å². The van der Waals surface area contributed by atoms with Crippen molar-refractivity contribution in [2.45, 2.75) is 52.9 Å². The molecule has 1 saturated heterocycles. The van der Waals surface area contributed by atoms with Crippen LogP contribution in [0.3, 0.4) is 0 Å². The first kappa shape index (κ1) is 19.8. The zero-order chi connectivity index (χ0) is 18.4. The van der Waals surface area contributed by atoms with Gasteiger partial charge in [0.15, 0.2) is 0 Å².